The molecule has 0 aromatic heterocycles. The van der Waals surface area contributed by atoms with E-state index in [0.717, 1.165) is 6.54 Å². The molecule has 0 aliphatic rings. The summed E-state index contributed by atoms with van der Waals surface area (Å²) in [6, 6.07) is 0. The van der Waals surface area contributed by atoms with E-state index in [0.29, 0.717) is 5.41 Å². The van der Waals surface area contributed by atoms with Crippen LogP contribution in [0.3, 0.4) is 0 Å². The van der Waals surface area contributed by atoms with E-state index in [1.807, 2.05) is 11.8 Å². The van der Waals surface area contributed by atoms with Gasteiger partial charge in [-0.3, -0.25) is 0 Å². The smallest absolute Gasteiger partial charge is 0.000524 e. The minimum atomic E-state index is 0.513. The van der Waals surface area contributed by atoms with Gasteiger partial charge in [0.2, 0.25) is 0 Å². The van der Waals surface area contributed by atoms with Crippen molar-refractivity contribution in [2.75, 3.05) is 25.1 Å². The predicted molar refractivity (Wildman–Crippen MR) is 59.9 cm³/mol. The Labute approximate surface area is 81.7 Å². The van der Waals surface area contributed by atoms with Crippen molar-refractivity contribution in [3.8, 4) is 0 Å². The summed E-state index contributed by atoms with van der Waals surface area (Å²) in [6.07, 6.45) is 4.79. The maximum atomic E-state index is 3.44. The highest BCUT2D eigenvalue weighted by molar-refractivity contribution is 7.98. The first kappa shape index (κ1) is 12.3. The molecule has 0 rings (SSSR count). The lowest BCUT2D eigenvalue weighted by molar-refractivity contribution is 0.286. The minimum Gasteiger partial charge on any atom is -0.316 e. The molecule has 0 fully saturated rings. The van der Waals surface area contributed by atoms with Crippen molar-refractivity contribution < 1.29 is 0 Å². The molecule has 0 aromatic carbocycles. The van der Waals surface area contributed by atoms with Crippen LogP contribution in [0.1, 0.15) is 33.6 Å². The lowest BCUT2D eigenvalue weighted by atomic mass is 9.85. The van der Waals surface area contributed by atoms with E-state index in [1.165, 1.54) is 25.1 Å². The molecule has 0 aromatic rings. The molecule has 0 spiro atoms. The van der Waals surface area contributed by atoms with Crippen molar-refractivity contribution >= 4 is 11.8 Å². The van der Waals surface area contributed by atoms with Crippen molar-refractivity contribution in [2.45, 2.75) is 33.6 Å². The third-order valence-corrected chi connectivity index (χ3v) is 3.18. The van der Waals surface area contributed by atoms with E-state index >= 15 is 0 Å². The summed E-state index contributed by atoms with van der Waals surface area (Å²) < 4.78 is 0. The second-order valence-corrected chi connectivity index (χ2v) is 4.67. The summed E-state index contributed by atoms with van der Waals surface area (Å²) in [7, 11) is 0. The Bertz CT molecular complexity index is 96.0. The molecular weight excluding hydrogens is 166 g/mol. The zero-order valence-corrected chi connectivity index (χ0v) is 9.76. The maximum absolute atomic E-state index is 3.44. The molecule has 74 valence electrons. The Morgan fingerprint density at radius 2 is 2.00 bits per heavy atom. The van der Waals surface area contributed by atoms with Crippen LogP contribution in [0.15, 0.2) is 0 Å². The van der Waals surface area contributed by atoms with E-state index < -0.39 is 0 Å². The van der Waals surface area contributed by atoms with Crippen LogP contribution in [0.5, 0.6) is 0 Å². The van der Waals surface area contributed by atoms with Crippen LogP contribution >= 0.6 is 11.8 Å². The Hall–Kier alpha value is 0.310. The van der Waals surface area contributed by atoms with Gasteiger partial charge in [0.05, 0.1) is 0 Å². The molecule has 1 unspecified atom stereocenters. The highest BCUT2D eigenvalue weighted by Gasteiger charge is 2.20. The van der Waals surface area contributed by atoms with Crippen molar-refractivity contribution in [2.24, 2.45) is 5.41 Å². The largest absolute Gasteiger partial charge is 0.316 e. The Morgan fingerprint density at radius 1 is 1.33 bits per heavy atom. The van der Waals surface area contributed by atoms with Gasteiger partial charge in [0, 0.05) is 6.54 Å². The molecule has 0 bridgehead atoms. The molecule has 0 aliphatic carbocycles. The average molecular weight is 189 g/mol. The first-order valence-electron chi connectivity index (χ1n) is 4.88. The molecule has 12 heavy (non-hydrogen) atoms. The third-order valence-electron chi connectivity index (χ3n) is 2.57. The van der Waals surface area contributed by atoms with Gasteiger partial charge in [0.1, 0.15) is 0 Å². The third kappa shape index (κ3) is 5.04. The molecule has 0 radical (unpaired) electrons. The van der Waals surface area contributed by atoms with E-state index in [4.69, 9.17) is 0 Å². The fraction of sp³-hybridized carbons (Fsp3) is 1.00. The molecule has 0 saturated carbocycles. The Balaban J connectivity index is 3.70. The summed E-state index contributed by atoms with van der Waals surface area (Å²) in [5.74, 6) is 1.29. The zero-order valence-electron chi connectivity index (χ0n) is 8.94. The molecule has 0 amide bonds. The van der Waals surface area contributed by atoms with Gasteiger partial charge < -0.3 is 5.32 Å². The normalized spacial score (nSPS) is 16.0. The first-order valence-corrected chi connectivity index (χ1v) is 6.27. The average Bonchev–Trinajstić information content (AvgIpc) is 2.11. The van der Waals surface area contributed by atoms with Crippen molar-refractivity contribution in [3.63, 3.8) is 0 Å². The quantitative estimate of drug-likeness (QED) is 0.661. The number of thioether (sulfide) groups is 1. The predicted octanol–water partition coefficient (Wildman–Crippen LogP) is 2.77. The van der Waals surface area contributed by atoms with Gasteiger partial charge in [-0.1, -0.05) is 20.8 Å². The zero-order chi connectivity index (χ0) is 9.45. The molecule has 0 aliphatic heterocycles. The molecule has 1 N–H and O–H groups in total. The fourth-order valence-corrected chi connectivity index (χ4v) is 1.86. The van der Waals surface area contributed by atoms with E-state index in [2.05, 4.69) is 32.3 Å². The van der Waals surface area contributed by atoms with Crippen molar-refractivity contribution in [1.82, 2.24) is 5.32 Å². The van der Waals surface area contributed by atoms with Crippen LogP contribution < -0.4 is 5.32 Å². The lowest BCUT2D eigenvalue weighted by Gasteiger charge is -2.28. The van der Waals surface area contributed by atoms with E-state index in [1.54, 1.807) is 0 Å². The summed E-state index contributed by atoms with van der Waals surface area (Å²) >= 11 is 1.95. The second kappa shape index (κ2) is 6.79. The van der Waals surface area contributed by atoms with Gasteiger partial charge in [0.25, 0.3) is 0 Å². The molecule has 1 nitrogen and oxygen atoms in total. The Morgan fingerprint density at radius 3 is 2.42 bits per heavy atom. The summed E-state index contributed by atoms with van der Waals surface area (Å²) in [4.78, 5) is 0. The number of nitrogens with one attached hydrogen (secondary N) is 1. The van der Waals surface area contributed by atoms with Gasteiger partial charge in [0.15, 0.2) is 0 Å². The van der Waals surface area contributed by atoms with Crippen molar-refractivity contribution in [3.05, 3.63) is 0 Å². The highest BCUT2D eigenvalue weighted by Crippen LogP contribution is 2.25. The SMILES string of the molecule is CCNCC(C)(CC)CCSC. The number of hydrogen-bond donors (Lipinski definition) is 1. The van der Waals surface area contributed by atoms with Gasteiger partial charge in [-0.25, -0.2) is 0 Å². The molecule has 1 atom stereocenters. The fourth-order valence-electron chi connectivity index (χ4n) is 1.17. The van der Waals surface area contributed by atoms with Gasteiger partial charge in [-0.15, -0.1) is 0 Å². The van der Waals surface area contributed by atoms with E-state index in [-0.39, 0.29) is 0 Å². The number of hydrogen-bond acceptors (Lipinski definition) is 2. The van der Waals surface area contributed by atoms with Crippen LogP contribution in [0.25, 0.3) is 0 Å². The van der Waals surface area contributed by atoms with Crippen molar-refractivity contribution in [1.29, 1.82) is 0 Å². The minimum absolute atomic E-state index is 0.513. The summed E-state index contributed by atoms with van der Waals surface area (Å²) in [6.45, 7) is 9.10. The monoisotopic (exact) mass is 189 g/mol. The lowest BCUT2D eigenvalue weighted by Crippen LogP contribution is -2.31. The Kier molecular flexibility index (Phi) is 6.96. The topological polar surface area (TPSA) is 12.0 Å². The van der Waals surface area contributed by atoms with Crippen LogP contribution in [-0.4, -0.2) is 25.1 Å². The van der Waals surface area contributed by atoms with Gasteiger partial charge in [-0.2, -0.15) is 11.8 Å². The summed E-state index contributed by atoms with van der Waals surface area (Å²) in [5.41, 5.74) is 0.513. The maximum Gasteiger partial charge on any atom is 0.000524 e. The molecular formula is C10H23NS. The second-order valence-electron chi connectivity index (χ2n) is 3.69. The van der Waals surface area contributed by atoms with Crippen LogP contribution in [0.2, 0.25) is 0 Å². The van der Waals surface area contributed by atoms with Gasteiger partial charge >= 0.3 is 0 Å². The summed E-state index contributed by atoms with van der Waals surface area (Å²) in [5, 5.41) is 3.44. The van der Waals surface area contributed by atoms with Crippen LogP contribution in [-0.2, 0) is 0 Å². The van der Waals surface area contributed by atoms with Crippen LogP contribution in [0, 0.1) is 5.41 Å². The molecule has 2 heteroatoms. The highest BCUT2D eigenvalue weighted by atomic mass is 32.2. The van der Waals surface area contributed by atoms with E-state index in [9.17, 15) is 0 Å². The molecule has 0 saturated heterocycles. The number of rotatable bonds is 7. The molecule has 0 heterocycles. The first-order chi connectivity index (χ1) is 5.68. The standard InChI is InChI=1S/C10H23NS/c1-5-10(3,7-8-12-4)9-11-6-2/h11H,5-9H2,1-4H3. The van der Waals surface area contributed by atoms with Crippen LogP contribution in [0.4, 0.5) is 0 Å². The van der Waals surface area contributed by atoms with Gasteiger partial charge in [-0.05, 0) is 36.8 Å².